The fourth-order valence-corrected chi connectivity index (χ4v) is 8.77. The number of hydrogen-bond donors (Lipinski definition) is 0. The molecule has 0 amide bonds. The Morgan fingerprint density at radius 1 is 0.214 bits per heavy atom. The third-order valence-electron chi connectivity index (χ3n) is 11.6. The molecule has 0 aromatic heterocycles. The van der Waals surface area contributed by atoms with E-state index in [1.54, 1.807) is 0 Å². The van der Waals surface area contributed by atoms with E-state index in [0.717, 1.165) is 0 Å². The van der Waals surface area contributed by atoms with Gasteiger partial charge in [-0.05, 0) is 124 Å². The van der Waals surface area contributed by atoms with Crippen LogP contribution in [0.2, 0.25) is 0 Å². The second kappa shape index (κ2) is 14.0. The monoisotopic (exact) mass is 712 g/mol. The summed E-state index contributed by atoms with van der Waals surface area (Å²) in [5.41, 5.74) is 17.3. The Morgan fingerprint density at radius 2 is 0.446 bits per heavy atom. The average Bonchev–Trinajstić information content (AvgIpc) is 3.27. The molecule has 0 heterocycles. The maximum atomic E-state index is 2.44. The lowest BCUT2D eigenvalue weighted by Crippen LogP contribution is -1.98. The minimum absolute atomic E-state index is 1.20. The van der Waals surface area contributed by atoms with Crippen molar-refractivity contribution in [1.82, 2.24) is 0 Å². The van der Waals surface area contributed by atoms with Gasteiger partial charge in [-0.1, -0.05) is 206 Å². The summed E-state index contributed by atoms with van der Waals surface area (Å²) in [6, 6.07) is 75.9. The summed E-state index contributed by atoms with van der Waals surface area (Å²) >= 11 is 0. The first kappa shape index (κ1) is 33.5. The first-order chi connectivity index (χ1) is 27.6. The summed E-state index contributed by atoms with van der Waals surface area (Å²) < 4.78 is 0. The summed E-state index contributed by atoms with van der Waals surface area (Å²) in [5, 5.41) is 7.59. The molecule has 0 nitrogen and oxygen atoms in total. The molecule has 0 radical (unpaired) electrons. The molecule has 0 unspecified atom stereocenters. The number of hydrogen-bond acceptors (Lipinski definition) is 0. The van der Waals surface area contributed by atoms with Gasteiger partial charge < -0.3 is 0 Å². The zero-order valence-corrected chi connectivity index (χ0v) is 31.6. The molecular weight excluding hydrogens is 673 g/mol. The molecule has 0 spiro atoms. The van der Waals surface area contributed by atoms with E-state index in [4.69, 9.17) is 0 Å². The zero-order valence-electron chi connectivity index (χ0n) is 31.6. The van der Waals surface area contributed by atoms with E-state index in [0.29, 0.717) is 0 Å². The number of benzene rings is 10. The van der Waals surface area contributed by atoms with Gasteiger partial charge in [-0.3, -0.25) is 0 Å². The topological polar surface area (TPSA) is 0 Å². The van der Waals surface area contributed by atoms with Crippen LogP contribution in [0.1, 0.15) is 11.1 Å². The van der Waals surface area contributed by atoms with Crippen molar-refractivity contribution in [2.45, 2.75) is 13.8 Å². The van der Waals surface area contributed by atoms with E-state index < -0.39 is 0 Å². The van der Waals surface area contributed by atoms with E-state index in [9.17, 15) is 0 Å². The van der Waals surface area contributed by atoms with Gasteiger partial charge in [0.2, 0.25) is 0 Å². The van der Waals surface area contributed by atoms with Gasteiger partial charge in [0, 0.05) is 0 Å². The minimum atomic E-state index is 1.20. The van der Waals surface area contributed by atoms with Crippen LogP contribution in [-0.4, -0.2) is 0 Å². The summed E-state index contributed by atoms with van der Waals surface area (Å²) in [4.78, 5) is 0. The van der Waals surface area contributed by atoms with Crippen molar-refractivity contribution in [2.24, 2.45) is 0 Å². The van der Waals surface area contributed by atoms with Crippen molar-refractivity contribution >= 4 is 32.3 Å². The highest BCUT2D eigenvalue weighted by Crippen LogP contribution is 2.54. The fraction of sp³-hybridized carbons (Fsp3) is 0.0357. The molecule has 10 aromatic carbocycles. The van der Waals surface area contributed by atoms with Crippen LogP contribution in [0, 0.1) is 13.8 Å². The third kappa shape index (κ3) is 5.70. The molecule has 10 rings (SSSR count). The highest BCUT2D eigenvalue weighted by atomic mass is 14.3. The summed E-state index contributed by atoms with van der Waals surface area (Å²) in [6.45, 7) is 4.50. The van der Waals surface area contributed by atoms with Crippen LogP contribution >= 0.6 is 0 Å². The maximum absolute atomic E-state index is 2.44. The normalized spacial score (nSPS) is 11.4. The van der Waals surface area contributed by atoms with Crippen molar-refractivity contribution in [3.05, 3.63) is 217 Å². The first-order valence-electron chi connectivity index (χ1n) is 19.5. The second-order valence-corrected chi connectivity index (χ2v) is 14.9. The molecule has 0 saturated carbocycles. The Labute approximate surface area is 329 Å². The van der Waals surface area contributed by atoms with Crippen molar-refractivity contribution in [3.63, 3.8) is 0 Å². The molecule has 264 valence electrons. The van der Waals surface area contributed by atoms with Crippen LogP contribution in [0.4, 0.5) is 0 Å². The van der Waals surface area contributed by atoms with Crippen molar-refractivity contribution in [1.29, 1.82) is 0 Å². The molecule has 0 N–H and O–H groups in total. The van der Waals surface area contributed by atoms with Crippen LogP contribution in [0.3, 0.4) is 0 Å². The van der Waals surface area contributed by atoms with Gasteiger partial charge in [-0.2, -0.15) is 0 Å². The van der Waals surface area contributed by atoms with Gasteiger partial charge in [0.1, 0.15) is 0 Å². The average molecular weight is 713 g/mol. The SMILES string of the molecule is Cc1cc2c(-c3ccccc3)c3c(-c4ccc(-c5ccccc5)cc4)c4ccccc4c(-c4ccc(-c5ccccc5)cc4)c3c(-c3ccccc3)c2cc1C. The molecule has 0 heteroatoms. The van der Waals surface area contributed by atoms with Crippen LogP contribution in [-0.2, 0) is 0 Å². The van der Waals surface area contributed by atoms with Gasteiger partial charge >= 0.3 is 0 Å². The molecule has 0 aliphatic rings. The number of rotatable bonds is 6. The third-order valence-corrected chi connectivity index (χ3v) is 11.6. The lowest BCUT2D eigenvalue weighted by atomic mass is 9.77. The second-order valence-electron chi connectivity index (χ2n) is 14.9. The van der Waals surface area contributed by atoms with Crippen LogP contribution < -0.4 is 0 Å². The van der Waals surface area contributed by atoms with Gasteiger partial charge in [-0.15, -0.1) is 0 Å². The quantitative estimate of drug-likeness (QED) is 0.151. The molecule has 56 heavy (non-hydrogen) atoms. The van der Waals surface area contributed by atoms with E-state index >= 15 is 0 Å². The maximum Gasteiger partial charge on any atom is -0.000139 e. The van der Waals surface area contributed by atoms with Gasteiger partial charge in [-0.25, -0.2) is 0 Å². The van der Waals surface area contributed by atoms with E-state index in [1.807, 2.05) is 0 Å². The van der Waals surface area contributed by atoms with E-state index in [2.05, 4.69) is 220 Å². The lowest BCUT2D eigenvalue weighted by Gasteiger charge is -2.26. The zero-order chi connectivity index (χ0) is 37.6. The summed E-state index contributed by atoms with van der Waals surface area (Å²) in [7, 11) is 0. The van der Waals surface area contributed by atoms with Crippen LogP contribution in [0.25, 0.3) is 99.1 Å². The molecule has 0 bridgehead atoms. The molecule has 0 fully saturated rings. The predicted molar refractivity (Wildman–Crippen MR) is 241 cm³/mol. The first-order valence-corrected chi connectivity index (χ1v) is 19.5. The number of fused-ring (bicyclic) bond motifs is 3. The fourth-order valence-electron chi connectivity index (χ4n) is 8.77. The molecule has 0 aliphatic carbocycles. The van der Waals surface area contributed by atoms with E-state index in [-0.39, 0.29) is 0 Å². The smallest absolute Gasteiger partial charge is 0.000139 e. The molecule has 0 aliphatic heterocycles. The highest BCUT2D eigenvalue weighted by Gasteiger charge is 2.26. The van der Waals surface area contributed by atoms with Gasteiger partial charge in [0.25, 0.3) is 0 Å². The van der Waals surface area contributed by atoms with Gasteiger partial charge in [0.05, 0.1) is 0 Å². The van der Waals surface area contributed by atoms with Crippen molar-refractivity contribution in [2.75, 3.05) is 0 Å². The van der Waals surface area contributed by atoms with Crippen LogP contribution in [0.5, 0.6) is 0 Å². The van der Waals surface area contributed by atoms with E-state index in [1.165, 1.54) is 110 Å². The molecule has 0 saturated heterocycles. The lowest BCUT2D eigenvalue weighted by molar-refractivity contribution is 1.37. The standard InChI is InChI=1S/C56H40/c1-37-35-49-50(36-38(37)2)54(44-23-13-6-14-24-44)56-52(46-33-29-42(30-34-46)40-19-9-4-10-20-40)48-26-16-15-25-47(48)51(55(56)53(49)43-21-11-5-12-22-43)45-31-27-41(28-32-45)39-17-7-3-8-18-39/h3-36H,1-2H3. The molecule has 10 aromatic rings. The Hall–Kier alpha value is -7.02. The van der Waals surface area contributed by atoms with Crippen molar-refractivity contribution < 1.29 is 0 Å². The number of aryl methyl sites for hydroxylation is 2. The highest BCUT2D eigenvalue weighted by molar-refractivity contribution is 6.34. The summed E-state index contributed by atoms with van der Waals surface area (Å²) in [6.07, 6.45) is 0. The Balaban J connectivity index is 1.43. The van der Waals surface area contributed by atoms with Crippen molar-refractivity contribution in [3.8, 4) is 66.8 Å². The Kier molecular flexibility index (Phi) is 8.38. The minimum Gasteiger partial charge on any atom is -0.0622 e. The summed E-state index contributed by atoms with van der Waals surface area (Å²) in [5.74, 6) is 0. The predicted octanol–water partition coefficient (Wildman–Crippen LogP) is 15.8. The van der Waals surface area contributed by atoms with Crippen LogP contribution in [0.15, 0.2) is 206 Å². The molecular formula is C56H40. The Morgan fingerprint density at radius 3 is 0.786 bits per heavy atom. The Bertz CT molecular complexity index is 2800. The largest absolute Gasteiger partial charge is 0.0622 e. The van der Waals surface area contributed by atoms with Gasteiger partial charge in [0.15, 0.2) is 0 Å². The molecule has 0 atom stereocenters.